The van der Waals surface area contributed by atoms with Crippen LogP contribution in [0.1, 0.15) is 23.7 Å². The summed E-state index contributed by atoms with van der Waals surface area (Å²) in [6.45, 7) is 0.809. The van der Waals surface area contributed by atoms with Crippen molar-refractivity contribution in [2.75, 3.05) is 29.5 Å². The van der Waals surface area contributed by atoms with E-state index in [0.717, 1.165) is 22.8 Å². The summed E-state index contributed by atoms with van der Waals surface area (Å²) in [6, 6.07) is 4.35. The number of pyridine rings is 1. The van der Waals surface area contributed by atoms with Crippen LogP contribution in [0.4, 0.5) is 24.9 Å². The number of carbonyl (C=O) groups excluding carboxylic acids is 1. The third-order valence-electron chi connectivity index (χ3n) is 6.37. The molecule has 3 atom stereocenters. The number of Topliss-reactive ketones (excluding diaryl/α,β-unsaturated/α-hetero) is 1. The average molecular weight is 435 g/mol. The lowest BCUT2D eigenvalue weighted by molar-refractivity contribution is -0.181. The summed E-state index contributed by atoms with van der Waals surface area (Å²) >= 11 is 0. The number of fused-ring (bicyclic) bond motifs is 3. The summed E-state index contributed by atoms with van der Waals surface area (Å²) in [5.74, 6) is -0.370. The normalized spacial score (nSPS) is 27.1. The minimum absolute atomic E-state index is 0.0338. The van der Waals surface area contributed by atoms with Gasteiger partial charge in [-0.15, -0.1) is 0 Å². The number of anilines is 2. The van der Waals surface area contributed by atoms with Crippen molar-refractivity contribution in [3.63, 3.8) is 0 Å². The molecule has 2 fully saturated rings. The molecule has 2 aromatic heterocycles. The van der Waals surface area contributed by atoms with Gasteiger partial charge >= 0.3 is 6.18 Å². The zero-order chi connectivity index (χ0) is 22.0. The van der Waals surface area contributed by atoms with Crippen molar-refractivity contribution in [3.05, 3.63) is 46.5 Å². The topological polar surface area (TPSA) is 80.6 Å². The fourth-order valence-electron chi connectivity index (χ4n) is 4.53. The Morgan fingerprint density at radius 2 is 2.19 bits per heavy atom. The summed E-state index contributed by atoms with van der Waals surface area (Å²) in [5, 5.41) is 0. The van der Waals surface area contributed by atoms with Crippen LogP contribution in [-0.4, -0.2) is 63.9 Å². The van der Waals surface area contributed by atoms with E-state index in [1.54, 1.807) is 6.07 Å². The second-order valence-corrected chi connectivity index (χ2v) is 8.36. The van der Waals surface area contributed by atoms with Crippen LogP contribution in [0.5, 0.6) is 0 Å². The quantitative estimate of drug-likeness (QED) is 0.676. The van der Waals surface area contributed by atoms with Crippen LogP contribution in [0.3, 0.4) is 0 Å². The zero-order valence-corrected chi connectivity index (χ0v) is 16.7. The first-order valence-electron chi connectivity index (χ1n) is 9.95. The first kappa shape index (κ1) is 20.0. The van der Waals surface area contributed by atoms with Gasteiger partial charge < -0.3 is 14.5 Å². The largest absolute Gasteiger partial charge is 0.413 e. The number of halogens is 3. The average Bonchev–Trinajstić information content (AvgIpc) is 3.43. The fraction of sp³-hybridized carbons (Fsp3) is 0.500. The van der Waals surface area contributed by atoms with Crippen LogP contribution in [0.15, 0.2) is 35.4 Å². The molecule has 0 saturated carbocycles. The number of ketones is 1. The second-order valence-electron chi connectivity index (χ2n) is 8.36. The van der Waals surface area contributed by atoms with Gasteiger partial charge in [0.15, 0.2) is 11.3 Å². The van der Waals surface area contributed by atoms with E-state index in [0.29, 0.717) is 19.0 Å². The van der Waals surface area contributed by atoms with Crippen molar-refractivity contribution >= 4 is 17.5 Å². The molecule has 2 bridgehead atoms. The lowest BCUT2D eigenvalue weighted by Gasteiger charge is -2.36. The molecule has 0 radical (unpaired) electrons. The molecule has 0 aromatic carbocycles. The Bertz CT molecular complexity index is 1090. The molecule has 3 unspecified atom stereocenters. The number of alkyl halides is 3. The minimum atomic E-state index is -4.69. The Labute approximate surface area is 175 Å². The van der Waals surface area contributed by atoms with Crippen molar-refractivity contribution < 1.29 is 22.7 Å². The smallest absolute Gasteiger partial charge is 0.374 e. The first-order valence-corrected chi connectivity index (χ1v) is 9.95. The molecule has 31 heavy (non-hydrogen) atoms. The highest BCUT2D eigenvalue weighted by Gasteiger charge is 2.60. The van der Waals surface area contributed by atoms with Crippen LogP contribution in [0.25, 0.3) is 0 Å². The van der Waals surface area contributed by atoms with Crippen molar-refractivity contribution in [2.45, 2.75) is 43.8 Å². The Balaban J connectivity index is 1.56. The first-order chi connectivity index (χ1) is 14.7. The fourth-order valence-corrected chi connectivity index (χ4v) is 4.53. The molecule has 2 aromatic rings. The van der Waals surface area contributed by atoms with E-state index >= 15 is 0 Å². The molecule has 0 spiro atoms. The predicted octanol–water partition coefficient (Wildman–Crippen LogP) is 1.64. The van der Waals surface area contributed by atoms with Crippen LogP contribution in [0.2, 0.25) is 0 Å². The number of aromatic nitrogens is 3. The highest BCUT2D eigenvalue weighted by Crippen LogP contribution is 2.43. The maximum absolute atomic E-state index is 14.1. The van der Waals surface area contributed by atoms with Crippen LogP contribution >= 0.6 is 0 Å². The Kier molecular flexibility index (Phi) is 4.37. The number of hydrogen-bond donors (Lipinski definition) is 0. The second kappa shape index (κ2) is 6.78. The summed E-state index contributed by atoms with van der Waals surface area (Å²) in [7, 11) is 0. The van der Waals surface area contributed by atoms with Crippen molar-refractivity contribution in [3.8, 4) is 0 Å². The number of morpholine rings is 1. The van der Waals surface area contributed by atoms with E-state index < -0.39 is 36.1 Å². The lowest BCUT2D eigenvalue weighted by Crippen LogP contribution is -2.57. The molecule has 3 aliphatic heterocycles. The van der Waals surface area contributed by atoms with Gasteiger partial charge in [0.2, 0.25) is 5.95 Å². The van der Waals surface area contributed by atoms with Crippen LogP contribution < -0.4 is 15.4 Å². The SMILES string of the molecule is CC1(C(F)(F)F)Cn2c(nc(N3CC4CC3CO4)cc2=O)N1CC(=O)c1cccnc1. The van der Waals surface area contributed by atoms with E-state index in [4.69, 9.17) is 4.74 Å². The van der Waals surface area contributed by atoms with Crippen molar-refractivity contribution in [1.29, 1.82) is 0 Å². The third kappa shape index (κ3) is 3.10. The van der Waals surface area contributed by atoms with E-state index in [2.05, 4.69) is 9.97 Å². The van der Waals surface area contributed by atoms with E-state index in [9.17, 15) is 22.8 Å². The molecular formula is C20H20F3N5O3. The molecule has 2 saturated heterocycles. The summed E-state index contributed by atoms with van der Waals surface area (Å²) < 4.78 is 49.0. The molecule has 5 rings (SSSR count). The summed E-state index contributed by atoms with van der Waals surface area (Å²) in [5.41, 5.74) is -2.83. The summed E-state index contributed by atoms with van der Waals surface area (Å²) in [6.07, 6.45) is -1.08. The maximum Gasteiger partial charge on any atom is 0.413 e. The maximum atomic E-state index is 14.1. The third-order valence-corrected chi connectivity index (χ3v) is 6.37. The molecule has 0 N–H and O–H groups in total. The molecule has 8 nitrogen and oxygen atoms in total. The molecule has 0 amide bonds. The number of nitrogens with zero attached hydrogens (tertiary/aromatic N) is 5. The lowest BCUT2D eigenvalue weighted by atomic mass is 10.00. The van der Waals surface area contributed by atoms with Crippen LogP contribution in [0, 0.1) is 0 Å². The molecule has 3 aliphatic rings. The molecule has 5 heterocycles. The van der Waals surface area contributed by atoms with E-state index in [1.807, 2.05) is 4.90 Å². The van der Waals surface area contributed by atoms with Gasteiger partial charge in [0, 0.05) is 30.6 Å². The van der Waals surface area contributed by atoms with Gasteiger partial charge in [-0.1, -0.05) is 0 Å². The van der Waals surface area contributed by atoms with E-state index in [1.165, 1.54) is 24.5 Å². The number of rotatable bonds is 4. The Hall–Kier alpha value is -2.95. The molecular weight excluding hydrogens is 415 g/mol. The standard InChI is InChI=1S/C20H20F3N5O3/c1-19(20(21,22)23)11-27-17(30)6-16(26-8-14-5-13(26)10-31-14)25-18(27)28(19)9-15(29)12-3-2-4-24-7-12/h2-4,6-7,13-14H,5,8-11H2,1H3. The number of carbonyl (C=O) groups is 1. The number of ether oxygens (including phenoxy) is 1. The molecule has 11 heteroatoms. The highest BCUT2D eigenvalue weighted by atomic mass is 19.4. The number of hydrogen-bond acceptors (Lipinski definition) is 7. The zero-order valence-electron chi connectivity index (χ0n) is 16.7. The Morgan fingerprint density at radius 1 is 1.39 bits per heavy atom. The predicted molar refractivity (Wildman–Crippen MR) is 104 cm³/mol. The monoisotopic (exact) mass is 435 g/mol. The highest BCUT2D eigenvalue weighted by molar-refractivity contribution is 5.99. The van der Waals surface area contributed by atoms with E-state index in [-0.39, 0.29) is 23.7 Å². The van der Waals surface area contributed by atoms with Gasteiger partial charge in [-0.3, -0.25) is 19.1 Å². The van der Waals surface area contributed by atoms with Gasteiger partial charge in [0.05, 0.1) is 31.8 Å². The van der Waals surface area contributed by atoms with Crippen molar-refractivity contribution in [1.82, 2.24) is 14.5 Å². The summed E-state index contributed by atoms with van der Waals surface area (Å²) in [4.78, 5) is 36.7. The van der Waals surface area contributed by atoms with Gasteiger partial charge in [-0.25, -0.2) is 0 Å². The Morgan fingerprint density at radius 3 is 2.81 bits per heavy atom. The molecule has 0 aliphatic carbocycles. The van der Waals surface area contributed by atoms with Gasteiger partial charge in [0.25, 0.3) is 5.56 Å². The van der Waals surface area contributed by atoms with Gasteiger partial charge in [0.1, 0.15) is 5.82 Å². The van der Waals surface area contributed by atoms with Gasteiger partial charge in [-0.2, -0.15) is 18.2 Å². The van der Waals surface area contributed by atoms with Gasteiger partial charge in [-0.05, 0) is 25.5 Å². The van der Waals surface area contributed by atoms with Crippen molar-refractivity contribution in [2.24, 2.45) is 0 Å². The minimum Gasteiger partial charge on any atom is -0.374 e. The van der Waals surface area contributed by atoms with Crippen LogP contribution in [-0.2, 0) is 11.3 Å². The molecule has 164 valence electrons.